The van der Waals surface area contributed by atoms with Crippen molar-refractivity contribution in [2.75, 3.05) is 13.2 Å². The van der Waals surface area contributed by atoms with Gasteiger partial charge in [-0.3, -0.25) is 0 Å². The van der Waals surface area contributed by atoms with Gasteiger partial charge in [0.15, 0.2) is 0 Å². The average molecular weight is 609 g/mol. The van der Waals surface area contributed by atoms with Crippen molar-refractivity contribution in [2.24, 2.45) is 0 Å². The van der Waals surface area contributed by atoms with Crippen LogP contribution in [0.4, 0.5) is 8.78 Å². The van der Waals surface area contributed by atoms with Gasteiger partial charge in [-0.05, 0) is 65.1 Å². The Hall–Kier alpha value is -3.70. The summed E-state index contributed by atoms with van der Waals surface area (Å²) in [5, 5.41) is 32.8. The molecule has 234 valence electrons. The van der Waals surface area contributed by atoms with Gasteiger partial charge in [0.05, 0.1) is 39.6 Å². The number of halogens is 2. The number of benzene rings is 4. The van der Waals surface area contributed by atoms with Crippen molar-refractivity contribution in [3.05, 3.63) is 137 Å². The van der Waals surface area contributed by atoms with Crippen LogP contribution in [0.2, 0.25) is 0 Å². The SMILES string of the molecule is Cc1c(O)cccc1COC[C@@H](OCc1ccc(F)cc1)[C@@H](O)[C@H](O)[C@@H](COCc1ccccc1)OCc1ccc(F)cc1. The van der Waals surface area contributed by atoms with E-state index < -0.39 is 24.4 Å². The molecule has 0 aliphatic rings. The molecule has 0 aliphatic heterocycles. The Labute approximate surface area is 256 Å². The van der Waals surface area contributed by atoms with Crippen LogP contribution in [0.25, 0.3) is 0 Å². The Morgan fingerprint density at radius 2 is 1.05 bits per heavy atom. The summed E-state index contributed by atoms with van der Waals surface area (Å²) < 4.78 is 50.6. The third kappa shape index (κ3) is 10.2. The van der Waals surface area contributed by atoms with Gasteiger partial charge in [-0.25, -0.2) is 8.78 Å². The van der Waals surface area contributed by atoms with Crippen molar-refractivity contribution >= 4 is 0 Å². The van der Waals surface area contributed by atoms with Crippen LogP contribution in [-0.4, -0.2) is 52.9 Å². The predicted octanol–water partition coefficient (Wildman–Crippen LogP) is 5.60. The van der Waals surface area contributed by atoms with E-state index in [1.54, 1.807) is 43.3 Å². The molecule has 0 unspecified atom stereocenters. The lowest BCUT2D eigenvalue weighted by Crippen LogP contribution is -2.49. The number of aliphatic hydroxyl groups is 2. The monoisotopic (exact) mass is 608 g/mol. The van der Waals surface area contributed by atoms with Crippen molar-refractivity contribution in [2.45, 2.75) is 57.8 Å². The first-order valence-electron chi connectivity index (χ1n) is 14.3. The molecule has 9 heteroatoms. The molecular formula is C35H38F2O7. The number of rotatable bonds is 17. The van der Waals surface area contributed by atoms with Crippen LogP contribution in [0.3, 0.4) is 0 Å². The normalized spacial score (nSPS) is 14.2. The molecule has 7 nitrogen and oxygen atoms in total. The summed E-state index contributed by atoms with van der Waals surface area (Å²) in [7, 11) is 0. The highest BCUT2D eigenvalue weighted by molar-refractivity contribution is 5.37. The van der Waals surface area contributed by atoms with Crippen molar-refractivity contribution < 1.29 is 43.0 Å². The Kier molecular flexibility index (Phi) is 12.8. The first kappa shape index (κ1) is 33.2. The molecule has 4 atom stereocenters. The minimum atomic E-state index is -1.47. The molecule has 0 saturated carbocycles. The van der Waals surface area contributed by atoms with E-state index >= 15 is 0 Å². The highest BCUT2D eigenvalue weighted by atomic mass is 19.1. The van der Waals surface area contributed by atoms with Gasteiger partial charge in [-0.15, -0.1) is 0 Å². The number of ether oxygens (including phenoxy) is 4. The van der Waals surface area contributed by atoms with Gasteiger partial charge in [-0.2, -0.15) is 0 Å². The van der Waals surface area contributed by atoms with Gasteiger partial charge in [0, 0.05) is 0 Å². The highest BCUT2D eigenvalue weighted by Gasteiger charge is 2.34. The predicted molar refractivity (Wildman–Crippen MR) is 161 cm³/mol. The maximum atomic E-state index is 13.4. The standard InChI is InChI=1S/C35H38F2O7/c1-24-28(8-5-9-31(24)38)21-42-23-33(44-20-27-12-16-30(37)17-13-27)35(40)34(39)32(22-41-18-25-6-3-2-4-7-25)43-19-26-10-14-29(36)15-11-26/h2-17,32-35,38-40H,18-23H2,1H3/t32-,33-,34-,35-/m1/s1. The topological polar surface area (TPSA) is 97.6 Å². The number of aliphatic hydroxyl groups excluding tert-OH is 2. The number of hydrogen-bond acceptors (Lipinski definition) is 7. The molecule has 0 fully saturated rings. The summed E-state index contributed by atoms with van der Waals surface area (Å²) in [6.45, 7) is 2.06. The first-order chi connectivity index (χ1) is 21.3. The van der Waals surface area contributed by atoms with Gasteiger partial charge < -0.3 is 34.3 Å². The van der Waals surface area contributed by atoms with E-state index in [4.69, 9.17) is 18.9 Å². The lowest BCUT2D eigenvalue weighted by Gasteiger charge is -2.32. The van der Waals surface area contributed by atoms with Gasteiger partial charge >= 0.3 is 0 Å². The summed E-state index contributed by atoms with van der Waals surface area (Å²) in [6, 6.07) is 26.1. The van der Waals surface area contributed by atoms with Crippen LogP contribution in [0.1, 0.15) is 27.8 Å². The third-order valence-electron chi connectivity index (χ3n) is 7.22. The largest absolute Gasteiger partial charge is 0.508 e. The molecule has 44 heavy (non-hydrogen) atoms. The van der Waals surface area contributed by atoms with Crippen molar-refractivity contribution in [3.63, 3.8) is 0 Å². The van der Waals surface area contributed by atoms with Crippen LogP contribution in [-0.2, 0) is 45.4 Å². The van der Waals surface area contributed by atoms with E-state index in [1.807, 2.05) is 36.4 Å². The fourth-order valence-electron chi connectivity index (χ4n) is 4.48. The van der Waals surface area contributed by atoms with Crippen LogP contribution < -0.4 is 0 Å². The second-order valence-electron chi connectivity index (χ2n) is 10.5. The summed E-state index contributed by atoms with van der Waals surface area (Å²) >= 11 is 0. The molecule has 4 rings (SSSR count). The van der Waals surface area contributed by atoms with Crippen molar-refractivity contribution in [1.29, 1.82) is 0 Å². The van der Waals surface area contributed by atoms with Crippen molar-refractivity contribution in [1.82, 2.24) is 0 Å². The molecular weight excluding hydrogens is 570 g/mol. The van der Waals surface area contributed by atoms with E-state index in [9.17, 15) is 24.1 Å². The number of phenolic OH excluding ortho intramolecular Hbond substituents is 1. The van der Waals surface area contributed by atoms with Crippen molar-refractivity contribution in [3.8, 4) is 5.75 Å². The van der Waals surface area contributed by atoms with E-state index in [2.05, 4.69) is 0 Å². The van der Waals surface area contributed by atoms with Crippen LogP contribution in [0.5, 0.6) is 5.75 Å². The van der Waals surface area contributed by atoms with Gasteiger partial charge in [0.25, 0.3) is 0 Å². The van der Waals surface area contributed by atoms with Crippen LogP contribution in [0, 0.1) is 18.6 Å². The molecule has 0 bridgehead atoms. The summed E-state index contributed by atoms with van der Waals surface area (Å²) in [5.41, 5.74) is 3.69. The zero-order valence-electron chi connectivity index (χ0n) is 24.5. The van der Waals surface area contributed by atoms with E-state index in [-0.39, 0.29) is 57.0 Å². The minimum absolute atomic E-state index is 0.0227. The number of phenols is 1. The molecule has 0 radical (unpaired) electrons. The lowest BCUT2D eigenvalue weighted by atomic mass is 10.0. The van der Waals surface area contributed by atoms with Crippen LogP contribution >= 0.6 is 0 Å². The van der Waals surface area contributed by atoms with E-state index in [1.165, 1.54) is 24.3 Å². The maximum absolute atomic E-state index is 13.4. The molecule has 0 aromatic heterocycles. The Morgan fingerprint density at radius 1 is 0.568 bits per heavy atom. The zero-order valence-corrected chi connectivity index (χ0v) is 24.5. The fourth-order valence-corrected chi connectivity index (χ4v) is 4.48. The molecule has 0 spiro atoms. The maximum Gasteiger partial charge on any atom is 0.123 e. The zero-order chi connectivity index (χ0) is 31.3. The third-order valence-corrected chi connectivity index (χ3v) is 7.22. The fraction of sp³-hybridized carbons (Fsp3) is 0.314. The quantitative estimate of drug-likeness (QED) is 0.144. The highest BCUT2D eigenvalue weighted by Crippen LogP contribution is 2.21. The molecule has 0 amide bonds. The van der Waals surface area contributed by atoms with Crippen LogP contribution in [0.15, 0.2) is 97.1 Å². The van der Waals surface area contributed by atoms with E-state index in [0.29, 0.717) is 16.7 Å². The Bertz CT molecular complexity index is 1400. The second kappa shape index (κ2) is 17.0. The molecule has 0 saturated heterocycles. The Balaban J connectivity index is 1.46. The molecule has 0 aliphatic carbocycles. The smallest absolute Gasteiger partial charge is 0.123 e. The summed E-state index contributed by atoms with van der Waals surface area (Å²) in [4.78, 5) is 0. The summed E-state index contributed by atoms with van der Waals surface area (Å²) in [6.07, 6.45) is -4.93. The van der Waals surface area contributed by atoms with Gasteiger partial charge in [0.2, 0.25) is 0 Å². The Morgan fingerprint density at radius 3 is 1.57 bits per heavy atom. The van der Waals surface area contributed by atoms with E-state index in [0.717, 1.165) is 11.1 Å². The molecule has 3 N–H and O–H groups in total. The van der Waals surface area contributed by atoms with Gasteiger partial charge in [-0.1, -0.05) is 66.7 Å². The van der Waals surface area contributed by atoms with Gasteiger partial charge in [0.1, 0.15) is 41.8 Å². The molecule has 4 aromatic carbocycles. The number of aromatic hydroxyl groups is 1. The average Bonchev–Trinajstić information content (AvgIpc) is 3.04. The second-order valence-corrected chi connectivity index (χ2v) is 10.5. The molecule has 0 heterocycles. The molecule has 4 aromatic rings. The minimum Gasteiger partial charge on any atom is -0.508 e. The number of hydrogen-bond donors (Lipinski definition) is 3. The first-order valence-corrected chi connectivity index (χ1v) is 14.3. The lowest BCUT2D eigenvalue weighted by molar-refractivity contribution is -0.170. The summed E-state index contributed by atoms with van der Waals surface area (Å²) in [5.74, 6) is -0.626.